The monoisotopic (exact) mass is 337 g/mol. The van der Waals surface area contributed by atoms with Crippen LogP contribution in [0, 0.1) is 21.1 Å². The van der Waals surface area contributed by atoms with E-state index in [9.17, 15) is 9.81 Å². The molecule has 1 fully saturated rings. The van der Waals surface area contributed by atoms with Gasteiger partial charge in [0.25, 0.3) is 0 Å². The highest BCUT2D eigenvalue weighted by atomic mass is 16.3. The first-order chi connectivity index (χ1) is 12.2. The third-order valence-corrected chi connectivity index (χ3v) is 4.37. The Morgan fingerprint density at radius 3 is 2.84 bits per heavy atom. The molecule has 0 saturated carbocycles. The van der Waals surface area contributed by atoms with E-state index in [2.05, 4.69) is 31.7 Å². The molecule has 3 aromatic rings. The molecule has 0 bridgehead atoms. The quantitative estimate of drug-likeness (QED) is 0.642. The fourth-order valence-electron chi connectivity index (χ4n) is 3.11. The van der Waals surface area contributed by atoms with Crippen molar-refractivity contribution in [2.75, 3.05) is 13.1 Å². The Labute approximate surface area is 140 Å². The number of hydrogen-bond donors (Lipinski definition) is 0. The molecule has 0 spiro atoms. The van der Waals surface area contributed by atoms with Gasteiger partial charge < -0.3 is 0 Å². The van der Waals surface area contributed by atoms with Crippen LogP contribution in [0.15, 0.2) is 41.6 Å². The Kier molecular flexibility index (Phi) is 3.24. The number of aromatic nitrogens is 5. The molecule has 0 radical (unpaired) electrons. The van der Waals surface area contributed by atoms with Crippen LogP contribution < -0.4 is 0 Å². The van der Waals surface area contributed by atoms with Crippen molar-refractivity contribution in [3.63, 3.8) is 0 Å². The van der Waals surface area contributed by atoms with Crippen LogP contribution >= 0.6 is 0 Å². The van der Waals surface area contributed by atoms with E-state index in [0.29, 0.717) is 35.4 Å². The summed E-state index contributed by atoms with van der Waals surface area (Å²) in [5.41, 5.74) is 1.14. The van der Waals surface area contributed by atoms with Crippen molar-refractivity contribution in [1.29, 1.82) is 5.26 Å². The van der Waals surface area contributed by atoms with Crippen LogP contribution in [0.1, 0.15) is 6.42 Å². The molecule has 0 aliphatic carbocycles. The highest BCUT2D eigenvalue weighted by molar-refractivity contribution is 5.90. The molecular weight excluding hydrogens is 326 g/mol. The summed E-state index contributed by atoms with van der Waals surface area (Å²) in [6.07, 6.45) is 6.47. The lowest BCUT2D eigenvalue weighted by Gasteiger charge is -2.45. The molecule has 1 saturated heterocycles. The molecule has 25 heavy (non-hydrogen) atoms. The lowest BCUT2D eigenvalue weighted by Crippen LogP contribution is -2.60. The summed E-state index contributed by atoms with van der Waals surface area (Å²) < 4.78 is 2.80. The number of nitriles is 1. The van der Waals surface area contributed by atoms with Crippen LogP contribution in [-0.2, 0) is 5.54 Å². The van der Waals surface area contributed by atoms with Gasteiger partial charge in [-0.3, -0.25) is 9.69 Å². The second kappa shape index (κ2) is 5.45. The van der Waals surface area contributed by atoms with Crippen LogP contribution in [0.5, 0.6) is 0 Å². The van der Waals surface area contributed by atoms with E-state index >= 15 is 0 Å². The fourth-order valence-corrected chi connectivity index (χ4v) is 3.11. The van der Waals surface area contributed by atoms with Crippen molar-refractivity contribution >= 4 is 11.0 Å². The van der Waals surface area contributed by atoms with Gasteiger partial charge in [0.05, 0.1) is 48.0 Å². The van der Waals surface area contributed by atoms with E-state index in [1.807, 2.05) is 0 Å². The zero-order valence-electron chi connectivity index (χ0n) is 12.8. The predicted molar refractivity (Wildman–Crippen MR) is 85.5 cm³/mol. The summed E-state index contributed by atoms with van der Waals surface area (Å²) in [5, 5.41) is 21.2. The summed E-state index contributed by atoms with van der Waals surface area (Å²) in [5.74, 6) is 0. The minimum atomic E-state index is -0.580. The minimum absolute atomic E-state index is 0.213. The fraction of sp³-hybridized carbons (Fsp3) is 0.286. The van der Waals surface area contributed by atoms with Crippen molar-refractivity contribution in [1.82, 2.24) is 29.4 Å². The van der Waals surface area contributed by atoms with Crippen LogP contribution in [0.25, 0.3) is 22.3 Å². The molecule has 0 unspecified atom stereocenters. The molecule has 4 heterocycles. The molecule has 0 atom stereocenters. The molecule has 11 heteroatoms. The lowest BCUT2D eigenvalue weighted by molar-refractivity contribution is 0.00572. The van der Waals surface area contributed by atoms with E-state index in [-0.39, 0.29) is 6.42 Å². The molecule has 3 aromatic heterocycles. The normalized spacial score (nSPS) is 15.6. The van der Waals surface area contributed by atoms with Crippen LogP contribution in [0.2, 0.25) is 0 Å². The largest absolute Gasteiger partial charge is 0.261 e. The van der Waals surface area contributed by atoms with Crippen molar-refractivity contribution < 1.29 is 0 Å². The highest BCUT2D eigenvalue weighted by Gasteiger charge is 2.46. The predicted octanol–water partition coefficient (Wildman–Crippen LogP) is 1.43. The van der Waals surface area contributed by atoms with Gasteiger partial charge in [0.15, 0.2) is 5.65 Å². The summed E-state index contributed by atoms with van der Waals surface area (Å²) in [7, 11) is 0. The second-order valence-corrected chi connectivity index (χ2v) is 5.84. The number of rotatable bonds is 5. The maximum Gasteiger partial charge on any atom is 0.167 e. The van der Waals surface area contributed by atoms with Crippen molar-refractivity contribution in [2.24, 2.45) is 10.6 Å². The maximum atomic E-state index is 10.8. The Morgan fingerprint density at radius 2 is 2.12 bits per heavy atom. The number of nitroso groups, excluding NO2 is 2. The molecule has 0 amide bonds. The van der Waals surface area contributed by atoms with Gasteiger partial charge in [0.1, 0.15) is 11.9 Å². The average molecular weight is 337 g/mol. The van der Waals surface area contributed by atoms with Gasteiger partial charge in [-0.15, -0.1) is 9.81 Å². The molecule has 124 valence electrons. The third-order valence-electron chi connectivity index (χ3n) is 4.37. The van der Waals surface area contributed by atoms with Crippen LogP contribution in [-0.4, -0.2) is 42.5 Å². The van der Waals surface area contributed by atoms with Crippen LogP contribution in [0.4, 0.5) is 0 Å². The van der Waals surface area contributed by atoms with Crippen molar-refractivity contribution in [3.05, 3.63) is 40.8 Å². The van der Waals surface area contributed by atoms with Gasteiger partial charge in [0, 0.05) is 23.3 Å². The van der Waals surface area contributed by atoms with Gasteiger partial charge in [-0.1, -0.05) is 0 Å². The lowest BCUT2D eigenvalue weighted by atomic mass is 9.88. The Hall–Kier alpha value is -3.68. The van der Waals surface area contributed by atoms with Crippen molar-refractivity contribution in [3.8, 4) is 17.3 Å². The van der Waals surface area contributed by atoms with Crippen LogP contribution in [0.3, 0.4) is 0 Å². The van der Waals surface area contributed by atoms with Gasteiger partial charge in [-0.05, 0) is 6.07 Å². The smallest absolute Gasteiger partial charge is 0.167 e. The summed E-state index contributed by atoms with van der Waals surface area (Å²) in [6.45, 7) is 0.658. The molecule has 11 nitrogen and oxygen atoms in total. The Balaban J connectivity index is 1.75. The summed E-state index contributed by atoms with van der Waals surface area (Å²) >= 11 is 0. The first kappa shape index (κ1) is 14.9. The van der Waals surface area contributed by atoms with E-state index in [4.69, 9.17) is 5.26 Å². The average Bonchev–Trinajstić information content (AvgIpc) is 3.24. The Bertz CT molecular complexity index is 1010. The second-order valence-electron chi connectivity index (χ2n) is 5.84. The molecular formula is C14H11N9O2. The summed E-state index contributed by atoms with van der Waals surface area (Å²) in [6, 6.07) is 3.84. The van der Waals surface area contributed by atoms with E-state index in [1.54, 1.807) is 23.1 Å². The van der Waals surface area contributed by atoms with Gasteiger partial charge in [-0.25, -0.2) is 9.97 Å². The van der Waals surface area contributed by atoms with E-state index in [1.165, 1.54) is 17.5 Å². The topological polar surface area (TPSA) is 134 Å². The van der Waals surface area contributed by atoms with Gasteiger partial charge in [0.2, 0.25) is 0 Å². The van der Waals surface area contributed by atoms with E-state index in [0.717, 1.165) is 4.68 Å². The molecule has 0 N–H and O–H groups in total. The molecule has 0 aromatic carbocycles. The minimum Gasteiger partial charge on any atom is -0.261 e. The zero-order valence-corrected chi connectivity index (χ0v) is 12.8. The Morgan fingerprint density at radius 1 is 1.28 bits per heavy atom. The zero-order chi connectivity index (χ0) is 17.4. The molecule has 1 aliphatic rings. The third kappa shape index (κ3) is 2.15. The highest BCUT2D eigenvalue weighted by Crippen LogP contribution is 2.34. The first-order valence-corrected chi connectivity index (χ1v) is 7.37. The molecule has 1 aliphatic heterocycles. The van der Waals surface area contributed by atoms with Gasteiger partial charge >= 0.3 is 0 Å². The number of fused-ring (bicyclic) bond motifs is 1. The van der Waals surface area contributed by atoms with E-state index < -0.39 is 5.54 Å². The number of nitrogens with zero attached hydrogens (tertiary/aromatic N) is 9. The molecule has 4 rings (SSSR count). The van der Waals surface area contributed by atoms with Gasteiger partial charge in [-0.2, -0.15) is 15.0 Å². The standard InChI is InChI=1S/C14H11N9O2/c15-3-2-14(7-21(8-14)19-24)23-6-10(5-18-23)12-11-1-4-22(20-25)13(11)17-9-16-12/h1,4-6,9H,2,7-8H2. The SMILES string of the molecule is N#CCC1(n2cc(-c3ncnc4c3ccn4N=O)cn2)CN(N=O)C1. The maximum absolute atomic E-state index is 10.8. The first-order valence-electron chi connectivity index (χ1n) is 7.37. The van der Waals surface area contributed by atoms with Crippen molar-refractivity contribution in [2.45, 2.75) is 12.0 Å². The number of hydrogen-bond acceptors (Lipinski definition) is 8. The summed E-state index contributed by atoms with van der Waals surface area (Å²) in [4.78, 5) is 29.8.